The van der Waals surface area contributed by atoms with Crippen molar-refractivity contribution in [3.8, 4) is 0 Å². The third-order valence-corrected chi connectivity index (χ3v) is 4.50. The molecule has 9 nitrogen and oxygen atoms in total. The van der Waals surface area contributed by atoms with Crippen LogP contribution in [0.25, 0.3) is 0 Å². The van der Waals surface area contributed by atoms with E-state index in [-0.39, 0.29) is 23.0 Å². The summed E-state index contributed by atoms with van der Waals surface area (Å²) in [5.74, 6) is 0.0565. The number of nitrogens with one attached hydrogen (secondary N) is 1. The minimum absolute atomic E-state index is 0.0654. The maximum atomic E-state index is 12.1. The summed E-state index contributed by atoms with van der Waals surface area (Å²) in [6.07, 6.45) is 2.05. The lowest BCUT2D eigenvalue weighted by Gasteiger charge is -2.07. The molecule has 1 aromatic carbocycles. The highest BCUT2D eigenvalue weighted by atomic mass is 32.2. The number of carbonyl (C=O) groups excluding carboxylic acids is 1. The number of nitrogens with zero attached hydrogens (tertiary/aromatic N) is 4. The summed E-state index contributed by atoms with van der Waals surface area (Å²) in [6.45, 7) is 1.75. The first-order chi connectivity index (χ1) is 11.5. The first-order valence-corrected chi connectivity index (χ1v) is 8.32. The van der Waals surface area contributed by atoms with Crippen molar-refractivity contribution >= 4 is 35.0 Å². The van der Waals surface area contributed by atoms with Crippen LogP contribution in [0.4, 0.5) is 17.3 Å². The molecule has 1 fully saturated rings. The normalized spacial score (nSPS) is 13.7. The number of amides is 1. The monoisotopic (exact) mass is 348 g/mol. The fraction of sp³-hybridized carbons (Fsp3) is 0.357. The average Bonchev–Trinajstić information content (AvgIpc) is 3.30. The van der Waals surface area contributed by atoms with Gasteiger partial charge in [-0.05, 0) is 31.4 Å². The second kappa shape index (κ2) is 6.48. The molecule has 2 aromatic rings. The van der Waals surface area contributed by atoms with Gasteiger partial charge in [-0.1, -0.05) is 17.8 Å². The number of hydrogen-bond donors (Lipinski definition) is 2. The van der Waals surface area contributed by atoms with Crippen LogP contribution in [0.5, 0.6) is 0 Å². The van der Waals surface area contributed by atoms with E-state index >= 15 is 0 Å². The first kappa shape index (κ1) is 16.2. The Hall–Kier alpha value is -2.62. The highest BCUT2D eigenvalue weighted by molar-refractivity contribution is 7.99. The molecule has 3 rings (SSSR count). The molecule has 0 saturated heterocycles. The van der Waals surface area contributed by atoms with Crippen LogP contribution >= 0.6 is 11.8 Å². The van der Waals surface area contributed by atoms with Crippen molar-refractivity contribution in [1.29, 1.82) is 0 Å². The molecule has 1 aliphatic rings. The van der Waals surface area contributed by atoms with E-state index in [1.54, 1.807) is 13.0 Å². The van der Waals surface area contributed by atoms with E-state index < -0.39 is 4.92 Å². The Morgan fingerprint density at radius 2 is 2.25 bits per heavy atom. The molecule has 0 atom stereocenters. The van der Waals surface area contributed by atoms with E-state index in [9.17, 15) is 14.9 Å². The molecule has 0 radical (unpaired) electrons. The van der Waals surface area contributed by atoms with Crippen LogP contribution in [0, 0.1) is 17.0 Å². The van der Waals surface area contributed by atoms with E-state index in [1.165, 1.54) is 23.9 Å². The molecule has 1 saturated carbocycles. The number of anilines is 2. The molecule has 1 aromatic heterocycles. The van der Waals surface area contributed by atoms with Gasteiger partial charge in [0, 0.05) is 12.1 Å². The molecular formula is C14H16N6O3S. The second-order valence-electron chi connectivity index (χ2n) is 5.56. The molecule has 0 bridgehead atoms. The van der Waals surface area contributed by atoms with E-state index in [2.05, 4.69) is 15.5 Å². The minimum atomic E-state index is -0.514. The Morgan fingerprint density at radius 1 is 1.50 bits per heavy atom. The van der Waals surface area contributed by atoms with Crippen LogP contribution in [0.15, 0.2) is 23.4 Å². The largest absolute Gasteiger partial charge is 0.368 e. The zero-order chi connectivity index (χ0) is 17.3. The SMILES string of the molecule is Cc1ccc(NC(=O)CSc2nnc(N)n2C2CC2)c([N+](=O)[O-])c1. The van der Waals surface area contributed by atoms with E-state index in [4.69, 9.17) is 5.73 Å². The predicted octanol–water partition coefficient (Wildman–Crippen LogP) is 2.14. The van der Waals surface area contributed by atoms with E-state index in [0.717, 1.165) is 18.4 Å². The van der Waals surface area contributed by atoms with E-state index in [0.29, 0.717) is 17.1 Å². The maximum absolute atomic E-state index is 12.1. The maximum Gasteiger partial charge on any atom is 0.293 e. The smallest absolute Gasteiger partial charge is 0.293 e. The van der Waals surface area contributed by atoms with Gasteiger partial charge in [-0.2, -0.15) is 0 Å². The average molecular weight is 348 g/mol. The highest BCUT2D eigenvalue weighted by Crippen LogP contribution is 2.39. The van der Waals surface area contributed by atoms with Crippen molar-refractivity contribution in [2.45, 2.75) is 31.0 Å². The van der Waals surface area contributed by atoms with Gasteiger partial charge in [0.2, 0.25) is 11.9 Å². The molecule has 10 heteroatoms. The van der Waals surface area contributed by atoms with Gasteiger partial charge in [0.25, 0.3) is 5.69 Å². The van der Waals surface area contributed by atoms with Crippen LogP contribution in [0.2, 0.25) is 0 Å². The summed E-state index contributed by atoms with van der Waals surface area (Å²) in [6, 6.07) is 4.97. The third-order valence-electron chi connectivity index (χ3n) is 3.56. The molecule has 1 heterocycles. The summed E-state index contributed by atoms with van der Waals surface area (Å²) in [5, 5.41) is 22.0. The lowest BCUT2D eigenvalue weighted by atomic mass is 10.2. The molecule has 3 N–H and O–H groups in total. The van der Waals surface area contributed by atoms with Gasteiger partial charge in [0.1, 0.15) is 5.69 Å². The number of nitro groups is 1. The lowest BCUT2D eigenvalue weighted by Crippen LogP contribution is -2.15. The number of rotatable bonds is 6. The zero-order valence-corrected chi connectivity index (χ0v) is 13.7. The minimum Gasteiger partial charge on any atom is -0.368 e. The Balaban J connectivity index is 1.66. The van der Waals surface area contributed by atoms with Crippen LogP contribution in [-0.2, 0) is 4.79 Å². The summed E-state index contributed by atoms with van der Waals surface area (Å²) in [7, 11) is 0. The number of nitrogens with two attached hydrogens (primary N) is 1. The van der Waals surface area contributed by atoms with Gasteiger partial charge in [-0.25, -0.2) is 0 Å². The van der Waals surface area contributed by atoms with Crippen molar-refractivity contribution in [2.75, 3.05) is 16.8 Å². The number of benzene rings is 1. The van der Waals surface area contributed by atoms with Crippen molar-refractivity contribution in [2.24, 2.45) is 0 Å². The second-order valence-corrected chi connectivity index (χ2v) is 6.50. The van der Waals surface area contributed by atoms with Gasteiger partial charge in [-0.15, -0.1) is 10.2 Å². The van der Waals surface area contributed by atoms with Crippen molar-refractivity contribution in [3.05, 3.63) is 33.9 Å². The number of thioether (sulfide) groups is 1. The molecule has 0 spiro atoms. The summed E-state index contributed by atoms with van der Waals surface area (Å²) < 4.78 is 1.83. The Morgan fingerprint density at radius 3 is 2.92 bits per heavy atom. The van der Waals surface area contributed by atoms with Crippen molar-refractivity contribution in [3.63, 3.8) is 0 Å². The van der Waals surface area contributed by atoms with E-state index in [1.807, 2.05) is 4.57 Å². The Labute approximate surface area is 141 Å². The molecule has 24 heavy (non-hydrogen) atoms. The summed E-state index contributed by atoms with van der Waals surface area (Å²) in [5.41, 5.74) is 6.59. The van der Waals surface area contributed by atoms with Crippen molar-refractivity contribution < 1.29 is 9.72 Å². The fourth-order valence-corrected chi connectivity index (χ4v) is 3.09. The van der Waals surface area contributed by atoms with Crippen LogP contribution in [-0.4, -0.2) is 31.3 Å². The topological polar surface area (TPSA) is 129 Å². The number of carbonyl (C=O) groups is 1. The third kappa shape index (κ3) is 3.48. The summed E-state index contributed by atoms with van der Waals surface area (Å²) >= 11 is 1.21. The molecule has 0 unspecified atom stereocenters. The number of aryl methyl sites for hydroxylation is 1. The lowest BCUT2D eigenvalue weighted by molar-refractivity contribution is -0.384. The molecule has 126 valence electrons. The number of nitro benzene ring substituents is 1. The van der Waals surface area contributed by atoms with Gasteiger partial charge in [0.15, 0.2) is 5.16 Å². The number of aromatic nitrogens is 3. The molecular weight excluding hydrogens is 332 g/mol. The standard InChI is InChI=1S/C14H16N6O3S/c1-8-2-5-10(11(6-8)20(22)23)16-12(21)7-24-14-18-17-13(15)19(14)9-3-4-9/h2,5-6,9H,3-4,7H2,1H3,(H2,15,17)(H,16,21). The number of nitrogen functional groups attached to an aromatic ring is 1. The Kier molecular flexibility index (Phi) is 4.38. The predicted molar refractivity (Wildman–Crippen MR) is 89.9 cm³/mol. The van der Waals surface area contributed by atoms with Crippen molar-refractivity contribution in [1.82, 2.24) is 14.8 Å². The first-order valence-electron chi connectivity index (χ1n) is 7.34. The van der Waals surface area contributed by atoms with Gasteiger partial charge < -0.3 is 11.1 Å². The Bertz CT molecular complexity index is 802. The van der Waals surface area contributed by atoms with Crippen LogP contribution < -0.4 is 11.1 Å². The quantitative estimate of drug-likeness (QED) is 0.465. The fourth-order valence-electron chi connectivity index (χ4n) is 2.28. The zero-order valence-electron chi connectivity index (χ0n) is 12.9. The highest BCUT2D eigenvalue weighted by Gasteiger charge is 2.29. The summed E-state index contributed by atoms with van der Waals surface area (Å²) in [4.78, 5) is 22.7. The van der Waals surface area contributed by atoms with Gasteiger partial charge >= 0.3 is 0 Å². The molecule has 0 aliphatic heterocycles. The molecule has 1 aliphatic carbocycles. The van der Waals surface area contributed by atoms with Crippen LogP contribution in [0.1, 0.15) is 24.4 Å². The number of hydrogen-bond acceptors (Lipinski definition) is 7. The van der Waals surface area contributed by atoms with Gasteiger partial charge in [0.05, 0.1) is 10.7 Å². The molecule has 1 amide bonds. The van der Waals surface area contributed by atoms with Crippen LogP contribution in [0.3, 0.4) is 0 Å². The van der Waals surface area contributed by atoms with Gasteiger partial charge in [-0.3, -0.25) is 19.5 Å².